The number of hydrogen-bond donors (Lipinski definition) is 4. The largest absolute Gasteiger partial charge is 0.455 e. The molecule has 0 saturated carbocycles. The summed E-state index contributed by atoms with van der Waals surface area (Å²) in [4.78, 5) is 11.7. The molecule has 3 heterocycles. The molecule has 262 valence electrons. The van der Waals surface area contributed by atoms with Crippen LogP contribution in [0.2, 0.25) is 0 Å². The molecule has 0 bridgehead atoms. The fourth-order valence-electron chi connectivity index (χ4n) is 7.29. The highest BCUT2D eigenvalue weighted by atomic mass is 16.6. The molecule has 45 heavy (non-hydrogen) atoms. The number of carbonyl (C=O) groups excluding carboxylic acids is 1. The van der Waals surface area contributed by atoms with Crippen LogP contribution >= 0.6 is 0 Å². The highest BCUT2D eigenvalue weighted by Crippen LogP contribution is 2.34. The van der Waals surface area contributed by atoms with Crippen molar-refractivity contribution in [1.29, 1.82) is 0 Å². The van der Waals surface area contributed by atoms with Gasteiger partial charge < -0.3 is 34.6 Å². The molecule has 4 N–H and O–H groups in total. The van der Waals surface area contributed by atoms with Crippen LogP contribution in [0.15, 0.2) is 11.6 Å². The third kappa shape index (κ3) is 14.7. The monoisotopic (exact) mass is 638 g/mol. The predicted molar refractivity (Wildman–Crippen MR) is 177 cm³/mol. The highest BCUT2D eigenvalue weighted by molar-refractivity contribution is 5.90. The maximum absolute atomic E-state index is 11.7. The minimum Gasteiger partial charge on any atom is -0.455 e. The number of carbonyl (C=O) groups is 1. The summed E-state index contributed by atoms with van der Waals surface area (Å²) < 4.78 is 17.6. The van der Waals surface area contributed by atoms with Gasteiger partial charge in [0.05, 0.1) is 48.8 Å². The van der Waals surface area contributed by atoms with Crippen LogP contribution in [-0.4, -0.2) is 81.3 Å². The Hall–Kier alpha value is -1.03. The zero-order valence-electron chi connectivity index (χ0n) is 28.5. The van der Waals surface area contributed by atoms with Crippen molar-refractivity contribution in [3.05, 3.63) is 11.6 Å². The lowest BCUT2D eigenvalue weighted by molar-refractivity contribution is -0.139. The molecule has 0 aromatic heterocycles. The predicted octanol–water partition coefficient (Wildman–Crippen LogP) is 6.83. The van der Waals surface area contributed by atoms with Gasteiger partial charge in [-0.05, 0) is 70.8 Å². The summed E-state index contributed by atoms with van der Waals surface area (Å²) in [6, 6.07) is 0. The smallest absolute Gasteiger partial charge is 0.334 e. The summed E-state index contributed by atoms with van der Waals surface area (Å²) in [6.07, 6.45) is 21.6. The number of cyclic esters (lactones) is 1. The van der Waals surface area contributed by atoms with E-state index in [1.54, 1.807) is 6.08 Å². The molecule has 0 aromatic carbocycles. The van der Waals surface area contributed by atoms with Crippen molar-refractivity contribution in [2.24, 2.45) is 0 Å². The van der Waals surface area contributed by atoms with E-state index in [2.05, 4.69) is 6.92 Å². The zero-order valence-corrected chi connectivity index (χ0v) is 28.5. The molecule has 8 heteroatoms. The van der Waals surface area contributed by atoms with Gasteiger partial charge in [0.15, 0.2) is 0 Å². The first-order chi connectivity index (χ1) is 21.8. The van der Waals surface area contributed by atoms with Gasteiger partial charge in [0.1, 0.15) is 6.10 Å². The summed E-state index contributed by atoms with van der Waals surface area (Å²) >= 11 is 0. The fraction of sp³-hybridized carbons (Fsp3) is 0.919. The average Bonchev–Trinajstić information content (AvgIpc) is 3.77. The molecular formula is C37H66O8. The first-order valence-corrected chi connectivity index (χ1v) is 18.7. The van der Waals surface area contributed by atoms with E-state index < -0.39 is 24.4 Å². The number of aliphatic hydroxyl groups is 4. The van der Waals surface area contributed by atoms with Crippen molar-refractivity contribution in [2.45, 2.75) is 216 Å². The van der Waals surface area contributed by atoms with E-state index in [1.807, 2.05) is 6.92 Å². The lowest BCUT2D eigenvalue weighted by Crippen LogP contribution is -2.33. The number of ether oxygens (including phenoxy) is 3. The van der Waals surface area contributed by atoms with E-state index in [1.165, 1.54) is 44.9 Å². The average molecular weight is 639 g/mol. The Morgan fingerprint density at radius 1 is 0.644 bits per heavy atom. The van der Waals surface area contributed by atoms with E-state index in [9.17, 15) is 25.2 Å². The van der Waals surface area contributed by atoms with Crippen molar-refractivity contribution in [3.8, 4) is 0 Å². The van der Waals surface area contributed by atoms with Crippen molar-refractivity contribution < 1.29 is 39.4 Å². The molecule has 3 aliphatic rings. The molecule has 0 unspecified atom stereocenters. The van der Waals surface area contributed by atoms with Gasteiger partial charge in [0.2, 0.25) is 0 Å². The Morgan fingerprint density at radius 2 is 1.13 bits per heavy atom. The lowest BCUT2D eigenvalue weighted by atomic mass is 9.99. The minimum atomic E-state index is -0.578. The van der Waals surface area contributed by atoms with Crippen LogP contribution in [0.25, 0.3) is 0 Å². The molecule has 0 aromatic rings. The van der Waals surface area contributed by atoms with Crippen molar-refractivity contribution in [1.82, 2.24) is 0 Å². The summed E-state index contributed by atoms with van der Waals surface area (Å²) in [5, 5.41) is 42.1. The third-order valence-electron chi connectivity index (χ3n) is 10.1. The molecular weight excluding hydrogens is 572 g/mol. The van der Waals surface area contributed by atoms with Gasteiger partial charge in [-0.2, -0.15) is 0 Å². The van der Waals surface area contributed by atoms with E-state index in [4.69, 9.17) is 14.2 Å². The molecule has 0 aliphatic carbocycles. The second kappa shape index (κ2) is 21.8. The Balaban J connectivity index is 1.16. The summed E-state index contributed by atoms with van der Waals surface area (Å²) in [6.45, 7) is 4.07. The standard InChI is InChI=1S/C37H66O8/c1-3-4-5-6-7-8-12-15-18-31(40)33-21-23-35(44-33)36-24-22-34(45-36)32(41)20-19-29(38)16-13-10-9-11-14-17-30(39)26-28-25-27(2)43-37(28)42/h25,27,29-36,38-41H,3-24,26H2,1-2H3/t27-,29-,30+,31+,32+,33+,34+,35+,36+/m1/s1. The number of esters is 1. The first-order valence-electron chi connectivity index (χ1n) is 18.7. The van der Waals surface area contributed by atoms with Crippen LogP contribution < -0.4 is 0 Å². The van der Waals surface area contributed by atoms with E-state index in [0.29, 0.717) is 31.3 Å². The minimum absolute atomic E-state index is 0.00146. The molecule has 9 atom stereocenters. The first kappa shape index (κ1) is 38.4. The molecule has 2 fully saturated rings. The van der Waals surface area contributed by atoms with Gasteiger partial charge in [0.25, 0.3) is 0 Å². The molecule has 0 radical (unpaired) electrons. The van der Waals surface area contributed by atoms with Gasteiger partial charge in [-0.25, -0.2) is 4.79 Å². The Bertz CT molecular complexity index is 833. The van der Waals surface area contributed by atoms with Crippen LogP contribution in [0.5, 0.6) is 0 Å². The van der Waals surface area contributed by atoms with Crippen molar-refractivity contribution in [3.63, 3.8) is 0 Å². The van der Waals surface area contributed by atoms with E-state index >= 15 is 0 Å². The summed E-state index contributed by atoms with van der Waals surface area (Å²) in [7, 11) is 0. The Labute approximate surface area is 273 Å². The fourth-order valence-corrected chi connectivity index (χ4v) is 7.29. The van der Waals surface area contributed by atoms with Crippen molar-refractivity contribution in [2.75, 3.05) is 0 Å². The topological polar surface area (TPSA) is 126 Å². The van der Waals surface area contributed by atoms with Gasteiger partial charge in [-0.3, -0.25) is 0 Å². The van der Waals surface area contributed by atoms with Crippen LogP contribution in [-0.2, 0) is 19.0 Å². The van der Waals surface area contributed by atoms with Gasteiger partial charge >= 0.3 is 5.97 Å². The molecule has 3 aliphatic heterocycles. The van der Waals surface area contributed by atoms with Gasteiger partial charge in [-0.15, -0.1) is 0 Å². The Morgan fingerprint density at radius 3 is 1.67 bits per heavy atom. The molecule has 8 nitrogen and oxygen atoms in total. The lowest BCUT2D eigenvalue weighted by Gasteiger charge is -2.24. The van der Waals surface area contributed by atoms with Gasteiger partial charge in [-0.1, -0.05) is 90.4 Å². The number of hydrogen-bond acceptors (Lipinski definition) is 8. The SMILES string of the molecule is CCCCCCCCCC[C@H](O)[C@@H]1CC[C@@H]([C@@H]2CC[C@@H]([C@@H](O)CC[C@H](O)CCCCCCC[C@H](O)CC3=C[C@@H](C)OC3=O)O2)O1. The summed E-state index contributed by atoms with van der Waals surface area (Å²) in [5.74, 6) is -0.305. The molecule has 3 rings (SSSR count). The van der Waals surface area contributed by atoms with Crippen LogP contribution in [0.4, 0.5) is 0 Å². The van der Waals surface area contributed by atoms with E-state index in [0.717, 1.165) is 77.0 Å². The molecule has 0 spiro atoms. The highest BCUT2D eigenvalue weighted by Gasteiger charge is 2.40. The summed E-state index contributed by atoms with van der Waals surface area (Å²) in [5.41, 5.74) is 0.588. The van der Waals surface area contributed by atoms with Crippen LogP contribution in [0, 0.1) is 0 Å². The quantitative estimate of drug-likeness (QED) is 0.0634. The van der Waals surface area contributed by atoms with E-state index in [-0.39, 0.29) is 36.5 Å². The molecule has 0 amide bonds. The van der Waals surface area contributed by atoms with Crippen LogP contribution in [0.1, 0.15) is 162 Å². The number of aliphatic hydroxyl groups excluding tert-OH is 4. The van der Waals surface area contributed by atoms with Crippen molar-refractivity contribution >= 4 is 5.97 Å². The third-order valence-corrected chi connectivity index (χ3v) is 10.1. The van der Waals surface area contributed by atoms with Gasteiger partial charge in [0, 0.05) is 12.0 Å². The number of rotatable bonds is 25. The van der Waals surface area contributed by atoms with Crippen LogP contribution in [0.3, 0.4) is 0 Å². The molecule has 2 saturated heterocycles. The normalized spacial score (nSPS) is 27.8. The second-order valence-corrected chi connectivity index (χ2v) is 14.2. The maximum Gasteiger partial charge on any atom is 0.334 e. The zero-order chi connectivity index (χ0) is 32.4. The Kier molecular flexibility index (Phi) is 18.6. The second-order valence-electron chi connectivity index (χ2n) is 14.2. The number of unbranched alkanes of at least 4 members (excludes halogenated alkanes) is 11. The maximum atomic E-state index is 11.7.